The van der Waals surface area contributed by atoms with Crippen molar-refractivity contribution in [1.29, 1.82) is 0 Å². The minimum absolute atomic E-state index is 0.112. The third-order valence-electron chi connectivity index (χ3n) is 4.81. The second-order valence-electron chi connectivity index (χ2n) is 7.17. The van der Waals surface area contributed by atoms with E-state index in [0.717, 1.165) is 34.6 Å². The summed E-state index contributed by atoms with van der Waals surface area (Å²) in [6, 6.07) is 9.55. The van der Waals surface area contributed by atoms with Gasteiger partial charge in [-0.05, 0) is 44.0 Å². The molecule has 0 saturated heterocycles. The van der Waals surface area contributed by atoms with Gasteiger partial charge in [0.2, 0.25) is 0 Å². The lowest BCUT2D eigenvalue weighted by Gasteiger charge is -2.31. The van der Waals surface area contributed by atoms with Gasteiger partial charge in [-0.3, -0.25) is 0 Å². The van der Waals surface area contributed by atoms with Crippen LogP contribution < -0.4 is 14.2 Å². The second-order valence-corrected chi connectivity index (χ2v) is 7.17. The van der Waals surface area contributed by atoms with Crippen LogP contribution in [0.25, 0.3) is 6.08 Å². The molecule has 130 valence electrons. The monoisotopic (exact) mass is 338 g/mol. The number of aromatic hydroxyl groups is 1. The molecule has 2 aliphatic heterocycles. The maximum atomic E-state index is 10.3. The molecule has 2 aromatic rings. The van der Waals surface area contributed by atoms with Crippen molar-refractivity contribution in [2.24, 2.45) is 0 Å². The maximum Gasteiger partial charge on any atom is 0.131 e. The van der Waals surface area contributed by atoms with Crippen LogP contribution in [0.15, 0.2) is 36.4 Å². The average molecular weight is 338 g/mol. The lowest BCUT2D eigenvalue weighted by Crippen LogP contribution is -2.28. The summed E-state index contributed by atoms with van der Waals surface area (Å²) in [6.45, 7) is 4.61. The van der Waals surface area contributed by atoms with E-state index in [-0.39, 0.29) is 17.3 Å². The van der Waals surface area contributed by atoms with Gasteiger partial charge in [0.25, 0.3) is 0 Å². The van der Waals surface area contributed by atoms with E-state index in [1.807, 2.05) is 32.0 Å². The number of fused-ring (bicyclic) bond motifs is 2. The van der Waals surface area contributed by atoms with Crippen molar-refractivity contribution in [3.63, 3.8) is 0 Å². The molecule has 0 unspecified atom stereocenters. The topological polar surface area (TPSA) is 47.9 Å². The van der Waals surface area contributed by atoms with E-state index >= 15 is 0 Å². The summed E-state index contributed by atoms with van der Waals surface area (Å²) in [4.78, 5) is 0. The average Bonchev–Trinajstić information content (AvgIpc) is 2.59. The Morgan fingerprint density at radius 3 is 2.76 bits per heavy atom. The van der Waals surface area contributed by atoms with Crippen molar-refractivity contribution < 1.29 is 19.3 Å². The van der Waals surface area contributed by atoms with Crippen LogP contribution >= 0.6 is 0 Å². The van der Waals surface area contributed by atoms with Crippen molar-refractivity contribution in [3.05, 3.63) is 53.1 Å². The highest BCUT2D eigenvalue weighted by molar-refractivity contribution is 5.65. The first-order valence-electron chi connectivity index (χ1n) is 8.50. The van der Waals surface area contributed by atoms with E-state index in [2.05, 4.69) is 18.2 Å². The number of methoxy groups -OCH3 is 1. The summed E-state index contributed by atoms with van der Waals surface area (Å²) in [5, 5.41) is 10.3. The summed E-state index contributed by atoms with van der Waals surface area (Å²) in [5.41, 5.74) is 2.80. The van der Waals surface area contributed by atoms with Gasteiger partial charge >= 0.3 is 0 Å². The predicted octanol–water partition coefficient (Wildman–Crippen LogP) is 4.30. The summed E-state index contributed by atoms with van der Waals surface area (Å²) in [5.74, 6) is 2.74. The zero-order valence-electron chi connectivity index (χ0n) is 14.7. The van der Waals surface area contributed by atoms with Crippen molar-refractivity contribution in [3.8, 4) is 23.0 Å². The maximum absolute atomic E-state index is 10.3. The normalized spacial score (nSPS) is 20.0. The van der Waals surface area contributed by atoms with Crippen LogP contribution in [0.2, 0.25) is 0 Å². The Bertz CT molecular complexity index is 851. The Morgan fingerprint density at radius 1 is 1.16 bits per heavy atom. The van der Waals surface area contributed by atoms with E-state index < -0.39 is 0 Å². The molecule has 0 fully saturated rings. The number of hydrogen-bond donors (Lipinski definition) is 1. The molecule has 25 heavy (non-hydrogen) atoms. The molecule has 0 amide bonds. The van der Waals surface area contributed by atoms with Gasteiger partial charge in [0, 0.05) is 29.2 Å². The first-order valence-corrected chi connectivity index (χ1v) is 8.50. The number of phenols is 1. The highest BCUT2D eigenvalue weighted by atomic mass is 16.5. The number of benzene rings is 2. The molecule has 0 aliphatic carbocycles. The molecule has 0 spiro atoms. The number of phenolic OH excluding ortho intramolecular Hbond substituents is 1. The lowest BCUT2D eigenvalue weighted by atomic mass is 9.88. The molecule has 0 bridgehead atoms. The molecule has 0 saturated carbocycles. The van der Waals surface area contributed by atoms with E-state index in [0.29, 0.717) is 12.4 Å². The summed E-state index contributed by atoms with van der Waals surface area (Å²) in [7, 11) is 1.59. The highest BCUT2D eigenvalue weighted by Crippen LogP contribution is 2.42. The lowest BCUT2D eigenvalue weighted by molar-refractivity contribution is 0.157. The van der Waals surface area contributed by atoms with Crippen LogP contribution in [-0.4, -0.2) is 24.4 Å². The zero-order valence-corrected chi connectivity index (χ0v) is 14.7. The summed E-state index contributed by atoms with van der Waals surface area (Å²) >= 11 is 0. The Hall–Kier alpha value is -2.62. The summed E-state index contributed by atoms with van der Waals surface area (Å²) in [6.07, 6.45) is 4.99. The van der Waals surface area contributed by atoms with Gasteiger partial charge in [-0.25, -0.2) is 0 Å². The van der Waals surface area contributed by atoms with Gasteiger partial charge in [0.15, 0.2) is 0 Å². The van der Waals surface area contributed by atoms with Crippen LogP contribution in [0.3, 0.4) is 0 Å². The standard InChI is InChI=1S/C21H22O4/c1-21(2)7-6-13-8-14-9-15(12-24-19(14)11-20(13)25-21)17-5-4-16(23-3)10-18(17)22/h4-8,10-11,15,22H,9,12H2,1-3H3/t15-/m0/s1. The number of ether oxygens (including phenoxy) is 3. The largest absolute Gasteiger partial charge is 0.508 e. The van der Waals surface area contributed by atoms with Crippen LogP contribution in [0.5, 0.6) is 23.0 Å². The van der Waals surface area contributed by atoms with Gasteiger partial charge in [-0.1, -0.05) is 12.1 Å². The first-order chi connectivity index (χ1) is 11.9. The molecule has 4 nitrogen and oxygen atoms in total. The smallest absolute Gasteiger partial charge is 0.131 e. The first kappa shape index (κ1) is 15.9. The number of hydrogen-bond acceptors (Lipinski definition) is 4. The molecule has 2 aromatic carbocycles. The van der Waals surface area contributed by atoms with Crippen molar-refractivity contribution in [2.45, 2.75) is 31.8 Å². The van der Waals surface area contributed by atoms with Crippen LogP contribution in [0, 0.1) is 0 Å². The zero-order chi connectivity index (χ0) is 17.6. The Labute approximate surface area is 147 Å². The fourth-order valence-electron chi connectivity index (χ4n) is 3.46. The van der Waals surface area contributed by atoms with Gasteiger partial charge in [0.1, 0.15) is 28.6 Å². The molecule has 4 heteroatoms. The molecular formula is C21H22O4. The van der Waals surface area contributed by atoms with Gasteiger partial charge in [-0.2, -0.15) is 0 Å². The van der Waals surface area contributed by atoms with Gasteiger partial charge in [-0.15, -0.1) is 0 Å². The Balaban J connectivity index is 1.64. The minimum atomic E-state index is -0.298. The fraction of sp³-hybridized carbons (Fsp3) is 0.333. The Morgan fingerprint density at radius 2 is 2.00 bits per heavy atom. The van der Waals surface area contributed by atoms with Crippen molar-refractivity contribution in [2.75, 3.05) is 13.7 Å². The molecule has 2 heterocycles. The second kappa shape index (κ2) is 5.73. The third kappa shape index (κ3) is 2.93. The molecule has 0 radical (unpaired) electrons. The van der Waals surface area contributed by atoms with Crippen LogP contribution in [-0.2, 0) is 6.42 Å². The fourth-order valence-corrected chi connectivity index (χ4v) is 3.46. The molecule has 2 aliphatic rings. The van der Waals surface area contributed by atoms with Crippen molar-refractivity contribution >= 4 is 6.08 Å². The SMILES string of the molecule is COc1ccc([C@@H]2COc3cc4c(cc3C2)C=CC(C)(C)O4)c(O)c1. The van der Waals surface area contributed by atoms with Gasteiger partial charge < -0.3 is 19.3 Å². The van der Waals surface area contributed by atoms with E-state index in [1.54, 1.807) is 13.2 Å². The Kier molecular flexibility index (Phi) is 3.64. The van der Waals surface area contributed by atoms with E-state index in [1.165, 1.54) is 0 Å². The molecule has 0 aromatic heterocycles. The molecule has 1 N–H and O–H groups in total. The number of rotatable bonds is 2. The third-order valence-corrected chi connectivity index (χ3v) is 4.81. The van der Waals surface area contributed by atoms with Crippen molar-refractivity contribution in [1.82, 2.24) is 0 Å². The summed E-state index contributed by atoms with van der Waals surface area (Å²) < 4.78 is 17.2. The predicted molar refractivity (Wildman–Crippen MR) is 96.8 cm³/mol. The quantitative estimate of drug-likeness (QED) is 0.887. The van der Waals surface area contributed by atoms with E-state index in [4.69, 9.17) is 14.2 Å². The molecule has 4 rings (SSSR count). The van der Waals surface area contributed by atoms with Gasteiger partial charge in [0.05, 0.1) is 13.7 Å². The molecule has 1 atom stereocenters. The van der Waals surface area contributed by atoms with E-state index in [9.17, 15) is 5.11 Å². The highest BCUT2D eigenvalue weighted by Gasteiger charge is 2.28. The van der Waals surface area contributed by atoms with Crippen LogP contribution in [0.4, 0.5) is 0 Å². The minimum Gasteiger partial charge on any atom is -0.508 e. The molecular weight excluding hydrogens is 316 g/mol. The van der Waals surface area contributed by atoms with Crippen LogP contribution in [0.1, 0.15) is 36.5 Å².